The molecule has 3 aromatic rings. The van der Waals surface area contributed by atoms with Crippen LogP contribution < -0.4 is 5.56 Å². The summed E-state index contributed by atoms with van der Waals surface area (Å²) >= 11 is 1.53. The molecule has 0 aliphatic rings. The SMILES string of the molecule is Cc1cccc(-n2ncc3c(=O)[nH]c(SC(C)C)nc32)c1. The number of rotatable bonds is 3. The third-order valence-corrected chi connectivity index (χ3v) is 3.90. The van der Waals surface area contributed by atoms with E-state index in [1.54, 1.807) is 10.9 Å². The maximum atomic E-state index is 12.1. The molecular weight excluding hydrogens is 284 g/mol. The molecule has 2 aromatic heterocycles. The zero-order valence-electron chi connectivity index (χ0n) is 12.1. The van der Waals surface area contributed by atoms with Crippen LogP contribution in [0.1, 0.15) is 19.4 Å². The molecule has 1 aromatic carbocycles. The maximum absolute atomic E-state index is 12.1. The van der Waals surface area contributed by atoms with E-state index < -0.39 is 0 Å². The molecule has 3 rings (SSSR count). The maximum Gasteiger partial charge on any atom is 0.262 e. The summed E-state index contributed by atoms with van der Waals surface area (Å²) in [6, 6.07) is 7.97. The fourth-order valence-electron chi connectivity index (χ4n) is 2.13. The van der Waals surface area contributed by atoms with Gasteiger partial charge in [0.1, 0.15) is 5.39 Å². The van der Waals surface area contributed by atoms with Crippen LogP contribution >= 0.6 is 11.8 Å². The van der Waals surface area contributed by atoms with Crippen LogP contribution in [0.2, 0.25) is 0 Å². The minimum Gasteiger partial charge on any atom is -0.301 e. The summed E-state index contributed by atoms with van der Waals surface area (Å²) < 4.78 is 1.71. The van der Waals surface area contributed by atoms with Gasteiger partial charge in [0.15, 0.2) is 10.8 Å². The number of aryl methyl sites for hydroxylation is 1. The second-order valence-electron chi connectivity index (χ2n) is 5.17. The molecule has 0 radical (unpaired) electrons. The van der Waals surface area contributed by atoms with Crippen LogP contribution in [-0.2, 0) is 0 Å². The minimum atomic E-state index is -0.151. The first-order valence-corrected chi connectivity index (χ1v) is 7.64. The number of nitrogens with zero attached hydrogens (tertiary/aromatic N) is 3. The van der Waals surface area contributed by atoms with Crippen molar-refractivity contribution in [2.45, 2.75) is 31.2 Å². The Labute approximate surface area is 126 Å². The number of nitrogens with one attached hydrogen (secondary N) is 1. The Kier molecular flexibility index (Phi) is 3.55. The molecule has 0 amide bonds. The molecule has 0 aliphatic carbocycles. The topological polar surface area (TPSA) is 63.6 Å². The lowest BCUT2D eigenvalue weighted by Crippen LogP contribution is -2.10. The summed E-state index contributed by atoms with van der Waals surface area (Å²) in [5.74, 6) is 0. The van der Waals surface area contributed by atoms with Crippen LogP contribution in [0.3, 0.4) is 0 Å². The van der Waals surface area contributed by atoms with Gasteiger partial charge in [-0.05, 0) is 24.6 Å². The van der Waals surface area contributed by atoms with Gasteiger partial charge in [0, 0.05) is 5.25 Å². The van der Waals surface area contributed by atoms with Crippen molar-refractivity contribution in [2.75, 3.05) is 0 Å². The summed E-state index contributed by atoms with van der Waals surface area (Å²) in [6.07, 6.45) is 1.56. The van der Waals surface area contributed by atoms with Crippen molar-refractivity contribution in [3.63, 3.8) is 0 Å². The van der Waals surface area contributed by atoms with Crippen molar-refractivity contribution >= 4 is 22.8 Å². The van der Waals surface area contributed by atoms with Crippen LogP contribution in [0.15, 0.2) is 40.4 Å². The van der Waals surface area contributed by atoms with Gasteiger partial charge in [0.2, 0.25) is 0 Å². The number of hydrogen-bond donors (Lipinski definition) is 1. The molecule has 0 saturated carbocycles. The largest absolute Gasteiger partial charge is 0.301 e. The average Bonchev–Trinajstić information content (AvgIpc) is 2.82. The van der Waals surface area contributed by atoms with E-state index in [1.165, 1.54) is 11.8 Å². The van der Waals surface area contributed by atoms with E-state index in [1.807, 2.05) is 31.2 Å². The first-order chi connectivity index (χ1) is 10.0. The lowest BCUT2D eigenvalue weighted by Gasteiger charge is -2.06. The molecule has 0 aliphatic heterocycles. The van der Waals surface area contributed by atoms with Gasteiger partial charge < -0.3 is 4.98 Å². The fourth-order valence-corrected chi connectivity index (χ4v) is 2.86. The second-order valence-corrected chi connectivity index (χ2v) is 6.74. The van der Waals surface area contributed by atoms with Crippen LogP contribution in [0.25, 0.3) is 16.7 Å². The number of fused-ring (bicyclic) bond motifs is 1. The third-order valence-electron chi connectivity index (χ3n) is 3.01. The average molecular weight is 300 g/mol. The second kappa shape index (κ2) is 5.37. The fraction of sp³-hybridized carbons (Fsp3) is 0.267. The molecule has 21 heavy (non-hydrogen) atoms. The number of aromatic nitrogens is 4. The standard InChI is InChI=1S/C15H16N4OS/c1-9(2)21-15-17-13-12(14(20)18-15)8-16-19(13)11-6-4-5-10(3)7-11/h4-9H,1-3H3,(H,17,18,20). The minimum absolute atomic E-state index is 0.151. The Bertz CT molecular complexity index is 850. The van der Waals surface area contributed by atoms with Crippen LogP contribution in [0.5, 0.6) is 0 Å². The predicted octanol–water partition coefficient (Wildman–Crippen LogP) is 2.92. The zero-order valence-corrected chi connectivity index (χ0v) is 12.9. The van der Waals surface area contributed by atoms with Crippen LogP contribution in [0.4, 0.5) is 0 Å². The highest BCUT2D eigenvalue weighted by Crippen LogP contribution is 2.21. The van der Waals surface area contributed by atoms with Gasteiger partial charge in [-0.1, -0.05) is 37.7 Å². The Morgan fingerprint density at radius 3 is 2.86 bits per heavy atom. The number of thioether (sulfide) groups is 1. The van der Waals surface area contributed by atoms with E-state index in [0.29, 0.717) is 21.4 Å². The molecule has 0 atom stereocenters. The summed E-state index contributed by atoms with van der Waals surface area (Å²) in [5.41, 5.74) is 2.48. The molecule has 6 heteroatoms. The Morgan fingerprint density at radius 1 is 1.33 bits per heavy atom. The first kappa shape index (κ1) is 13.9. The normalized spacial score (nSPS) is 11.4. The summed E-state index contributed by atoms with van der Waals surface area (Å²) in [5, 5.41) is 5.79. The molecule has 0 bridgehead atoms. The van der Waals surface area contributed by atoms with Crippen LogP contribution in [0, 0.1) is 6.92 Å². The van der Waals surface area contributed by atoms with E-state index in [9.17, 15) is 4.79 Å². The molecule has 0 saturated heterocycles. The van der Waals surface area contributed by atoms with Crippen molar-refractivity contribution in [3.8, 4) is 5.69 Å². The van der Waals surface area contributed by atoms with E-state index >= 15 is 0 Å². The number of benzene rings is 1. The zero-order chi connectivity index (χ0) is 15.0. The summed E-state index contributed by atoms with van der Waals surface area (Å²) in [4.78, 5) is 19.5. The Balaban J connectivity index is 2.20. The Morgan fingerprint density at radius 2 is 2.14 bits per heavy atom. The van der Waals surface area contributed by atoms with Gasteiger partial charge in [-0.2, -0.15) is 5.10 Å². The number of H-pyrrole nitrogens is 1. The van der Waals surface area contributed by atoms with E-state index in [0.717, 1.165) is 11.3 Å². The molecule has 0 spiro atoms. The molecular formula is C15H16N4OS. The van der Waals surface area contributed by atoms with Gasteiger partial charge >= 0.3 is 0 Å². The first-order valence-electron chi connectivity index (χ1n) is 6.76. The van der Waals surface area contributed by atoms with Crippen LogP contribution in [-0.4, -0.2) is 25.0 Å². The van der Waals surface area contributed by atoms with Crippen molar-refractivity contribution in [1.82, 2.24) is 19.7 Å². The predicted molar refractivity (Wildman–Crippen MR) is 85.2 cm³/mol. The molecule has 2 heterocycles. The summed E-state index contributed by atoms with van der Waals surface area (Å²) in [6.45, 7) is 6.15. The molecule has 1 N–H and O–H groups in total. The molecule has 0 fully saturated rings. The monoisotopic (exact) mass is 300 g/mol. The number of hydrogen-bond acceptors (Lipinski definition) is 4. The van der Waals surface area contributed by atoms with Gasteiger partial charge in [-0.3, -0.25) is 4.79 Å². The highest BCUT2D eigenvalue weighted by Gasteiger charge is 2.12. The van der Waals surface area contributed by atoms with Crippen molar-refractivity contribution in [1.29, 1.82) is 0 Å². The lowest BCUT2D eigenvalue weighted by molar-refractivity contribution is 0.870. The van der Waals surface area contributed by atoms with Gasteiger partial charge in [-0.15, -0.1) is 0 Å². The highest BCUT2D eigenvalue weighted by atomic mass is 32.2. The molecule has 0 unspecified atom stereocenters. The van der Waals surface area contributed by atoms with Gasteiger partial charge in [-0.25, -0.2) is 9.67 Å². The van der Waals surface area contributed by atoms with Crippen molar-refractivity contribution in [3.05, 3.63) is 46.4 Å². The smallest absolute Gasteiger partial charge is 0.262 e. The third kappa shape index (κ3) is 2.71. The van der Waals surface area contributed by atoms with Gasteiger partial charge in [0.25, 0.3) is 5.56 Å². The molecule has 108 valence electrons. The van der Waals surface area contributed by atoms with E-state index in [2.05, 4.69) is 28.9 Å². The Hall–Kier alpha value is -2.08. The highest BCUT2D eigenvalue weighted by molar-refractivity contribution is 7.99. The molecule has 5 nitrogen and oxygen atoms in total. The van der Waals surface area contributed by atoms with Crippen molar-refractivity contribution < 1.29 is 0 Å². The van der Waals surface area contributed by atoms with Crippen molar-refractivity contribution in [2.24, 2.45) is 0 Å². The van der Waals surface area contributed by atoms with E-state index in [-0.39, 0.29) is 5.56 Å². The number of aromatic amines is 1. The quantitative estimate of drug-likeness (QED) is 0.596. The summed E-state index contributed by atoms with van der Waals surface area (Å²) in [7, 11) is 0. The van der Waals surface area contributed by atoms with E-state index in [4.69, 9.17) is 0 Å². The van der Waals surface area contributed by atoms with Gasteiger partial charge in [0.05, 0.1) is 11.9 Å². The lowest BCUT2D eigenvalue weighted by atomic mass is 10.2.